The van der Waals surface area contributed by atoms with Crippen LogP contribution in [-0.2, 0) is 0 Å². The predicted molar refractivity (Wildman–Crippen MR) is 139 cm³/mol. The molecule has 2 aliphatic rings. The van der Waals surface area contributed by atoms with Crippen LogP contribution in [0.15, 0.2) is 42.2 Å². The summed E-state index contributed by atoms with van der Waals surface area (Å²) in [6.07, 6.45) is 13.7. The Morgan fingerprint density at radius 2 is 1.41 bits per heavy atom. The Labute approximate surface area is 207 Å². The zero-order valence-electron chi connectivity index (χ0n) is 20.5. The maximum absolute atomic E-state index is 8.83. The molecule has 184 valence electrons. The van der Waals surface area contributed by atoms with E-state index in [1.807, 2.05) is 12.1 Å². The minimum absolute atomic E-state index is 0.206. The molecule has 2 aromatic rings. The van der Waals surface area contributed by atoms with E-state index in [9.17, 15) is 0 Å². The van der Waals surface area contributed by atoms with Crippen molar-refractivity contribution in [2.24, 2.45) is 10.8 Å². The third-order valence-corrected chi connectivity index (χ3v) is 6.17. The molecular formula is C24H36BClN6O2. The fraction of sp³-hybridized carbons (Fsp3) is 0.500. The van der Waals surface area contributed by atoms with Crippen molar-refractivity contribution in [3.63, 3.8) is 0 Å². The van der Waals surface area contributed by atoms with Gasteiger partial charge in [0.25, 0.3) is 0 Å². The van der Waals surface area contributed by atoms with Crippen LogP contribution in [0.2, 0.25) is 5.15 Å². The standard InChI is InChI=1S/C12H17N3.C8H15BO2.C4H4ClN3/c1-12(2)6-3-9(4-7-12)10-5-8-14-11(13)15-10;1-8(2)5-3-7(4-6-8)9(10)11;5-3-1-2-7-4(6)8-3/h3,5,8H,4,6-7H2,1-2H3,(H2,13,14,15);3,10-11H,4-6H2,1-2H3;1-2H,(H2,6,7,8). The number of nitrogens with zero attached hydrogens (tertiary/aromatic N) is 4. The van der Waals surface area contributed by atoms with Gasteiger partial charge in [-0.25, -0.2) is 19.9 Å². The maximum Gasteiger partial charge on any atom is 0.483 e. The Morgan fingerprint density at radius 3 is 1.82 bits per heavy atom. The SMILES string of the molecule is CC1(C)CC=C(B(O)O)CC1.CC1(C)CC=C(c2ccnc(N)n2)CC1.Nc1nccc(Cl)n1. The highest BCUT2D eigenvalue weighted by molar-refractivity contribution is 6.50. The molecule has 2 heterocycles. The third kappa shape index (κ3) is 9.79. The highest BCUT2D eigenvalue weighted by Gasteiger charge is 2.25. The van der Waals surface area contributed by atoms with Crippen LogP contribution in [-0.4, -0.2) is 37.1 Å². The van der Waals surface area contributed by atoms with Gasteiger partial charge >= 0.3 is 7.12 Å². The highest BCUT2D eigenvalue weighted by Crippen LogP contribution is 2.37. The van der Waals surface area contributed by atoms with Gasteiger partial charge in [0.1, 0.15) is 5.15 Å². The van der Waals surface area contributed by atoms with Crippen LogP contribution < -0.4 is 11.5 Å². The molecular weight excluding hydrogens is 451 g/mol. The lowest BCUT2D eigenvalue weighted by Crippen LogP contribution is -2.22. The second-order valence-electron chi connectivity index (χ2n) is 10.2. The van der Waals surface area contributed by atoms with Crippen molar-refractivity contribution in [3.05, 3.63) is 53.0 Å². The Morgan fingerprint density at radius 1 is 0.853 bits per heavy atom. The normalized spacial score (nSPS) is 18.2. The number of rotatable bonds is 2. The van der Waals surface area contributed by atoms with E-state index in [2.05, 4.69) is 53.7 Å². The summed E-state index contributed by atoms with van der Waals surface area (Å²) in [5.74, 6) is 0.565. The first-order valence-corrected chi connectivity index (χ1v) is 11.8. The van der Waals surface area contributed by atoms with Crippen LogP contribution >= 0.6 is 11.6 Å². The molecule has 0 aromatic carbocycles. The van der Waals surface area contributed by atoms with E-state index in [1.165, 1.54) is 18.2 Å². The lowest BCUT2D eigenvalue weighted by molar-refractivity contribution is 0.321. The molecule has 8 nitrogen and oxygen atoms in total. The topological polar surface area (TPSA) is 144 Å². The van der Waals surface area contributed by atoms with Crippen LogP contribution in [0.25, 0.3) is 5.57 Å². The first-order valence-electron chi connectivity index (χ1n) is 11.4. The number of hydrogen-bond acceptors (Lipinski definition) is 8. The summed E-state index contributed by atoms with van der Waals surface area (Å²) >= 11 is 5.41. The summed E-state index contributed by atoms with van der Waals surface area (Å²) in [6.45, 7) is 9.00. The van der Waals surface area contributed by atoms with Crippen LogP contribution in [0, 0.1) is 10.8 Å². The van der Waals surface area contributed by atoms with Crippen molar-refractivity contribution in [1.82, 2.24) is 19.9 Å². The number of hydrogen-bond donors (Lipinski definition) is 4. The van der Waals surface area contributed by atoms with Crippen LogP contribution in [0.5, 0.6) is 0 Å². The van der Waals surface area contributed by atoms with Gasteiger partial charge in [-0.05, 0) is 72.5 Å². The van der Waals surface area contributed by atoms with E-state index >= 15 is 0 Å². The lowest BCUT2D eigenvalue weighted by atomic mass is 9.67. The van der Waals surface area contributed by atoms with Crippen LogP contribution in [0.1, 0.15) is 71.9 Å². The fourth-order valence-corrected chi connectivity index (χ4v) is 3.68. The number of aromatic nitrogens is 4. The second kappa shape index (κ2) is 12.3. The largest absolute Gasteiger partial charge is 0.483 e. The van der Waals surface area contributed by atoms with E-state index in [-0.39, 0.29) is 5.95 Å². The molecule has 0 fully saturated rings. The van der Waals surface area contributed by atoms with Crippen molar-refractivity contribution in [1.29, 1.82) is 0 Å². The molecule has 0 atom stereocenters. The van der Waals surface area contributed by atoms with Crippen LogP contribution in [0.3, 0.4) is 0 Å². The lowest BCUT2D eigenvalue weighted by Gasteiger charge is -2.28. The minimum atomic E-state index is -1.23. The minimum Gasteiger partial charge on any atom is -0.423 e. The molecule has 34 heavy (non-hydrogen) atoms. The van der Waals surface area contributed by atoms with Gasteiger partial charge < -0.3 is 21.5 Å². The molecule has 0 saturated heterocycles. The summed E-state index contributed by atoms with van der Waals surface area (Å²) in [7, 11) is -1.23. The van der Waals surface area contributed by atoms with Gasteiger partial charge in [-0.1, -0.05) is 51.4 Å². The molecule has 2 aliphatic carbocycles. The quantitative estimate of drug-likeness (QED) is 0.359. The molecule has 4 rings (SSSR count). The molecule has 0 amide bonds. The number of allylic oxidation sites excluding steroid dienone is 4. The van der Waals surface area contributed by atoms with Crippen molar-refractivity contribution >= 4 is 36.2 Å². The Hall–Kier alpha value is -2.49. The van der Waals surface area contributed by atoms with Gasteiger partial charge in [-0.2, -0.15) is 0 Å². The van der Waals surface area contributed by atoms with Gasteiger partial charge in [-0.3, -0.25) is 0 Å². The fourth-order valence-electron chi connectivity index (χ4n) is 3.54. The Bertz CT molecular complexity index is 993. The average Bonchev–Trinajstić information content (AvgIpc) is 2.74. The Kier molecular flexibility index (Phi) is 10.0. The smallest absolute Gasteiger partial charge is 0.423 e. The second-order valence-corrected chi connectivity index (χ2v) is 10.5. The Balaban J connectivity index is 0.000000190. The monoisotopic (exact) mass is 486 g/mol. The van der Waals surface area contributed by atoms with E-state index in [4.69, 9.17) is 33.1 Å². The van der Waals surface area contributed by atoms with Crippen molar-refractivity contribution in [2.75, 3.05) is 11.5 Å². The van der Waals surface area contributed by atoms with Crippen molar-refractivity contribution in [2.45, 2.75) is 66.2 Å². The summed E-state index contributed by atoms with van der Waals surface area (Å²) in [6, 6.07) is 3.50. The number of anilines is 2. The van der Waals surface area contributed by atoms with Gasteiger partial charge in [0.05, 0.1) is 5.69 Å². The molecule has 0 radical (unpaired) electrons. The molecule has 0 bridgehead atoms. The zero-order valence-corrected chi connectivity index (χ0v) is 21.3. The predicted octanol–water partition coefficient (Wildman–Crippen LogP) is 4.50. The van der Waals surface area contributed by atoms with Gasteiger partial charge in [-0.15, -0.1) is 0 Å². The molecule has 2 aromatic heterocycles. The molecule has 6 N–H and O–H groups in total. The van der Waals surface area contributed by atoms with Crippen LogP contribution in [0.4, 0.5) is 11.9 Å². The summed E-state index contributed by atoms with van der Waals surface area (Å²) in [5.41, 5.74) is 14.6. The molecule has 0 unspecified atom stereocenters. The maximum atomic E-state index is 8.83. The molecule has 0 aliphatic heterocycles. The first-order chi connectivity index (χ1) is 15.9. The van der Waals surface area contributed by atoms with Gasteiger partial charge in [0.2, 0.25) is 11.9 Å². The van der Waals surface area contributed by atoms with Gasteiger partial charge in [0.15, 0.2) is 0 Å². The van der Waals surface area contributed by atoms with E-state index in [0.29, 0.717) is 21.9 Å². The molecule has 10 heteroatoms. The number of nitrogens with two attached hydrogens (primary N) is 2. The number of halogens is 1. The zero-order chi connectivity index (χ0) is 25.4. The summed E-state index contributed by atoms with van der Waals surface area (Å²) in [4.78, 5) is 15.4. The molecule has 0 spiro atoms. The summed E-state index contributed by atoms with van der Waals surface area (Å²) in [5, 5.41) is 18.0. The van der Waals surface area contributed by atoms with E-state index < -0.39 is 7.12 Å². The number of nitrogen functional groups attached to an aromatic ring is 2. The van der Waals surface area contributed by atoms with Crippen molar-refractivity contribution < 1.29 is 10.0 Å². The van der Waals surface area contributed by atoms with Gasteiger partial charge in [0, 0.05) is 12.4 Å². The van der Waals surface area contributed by atoms with E-state index in [1.54, 1.807) is 12.3 Å². The summed E-state index contributed by atoms with van der Waals surface area (Å²) < 4.78 is 0. The third-order valence-electron chi connectivity index (χ3n) is 5.95. The molecule has 0 saturated carbocycles. The average molecular weight is 487 g/mol. The first kappa shape index (κ1) is 27.8. The van der Waals surface area contributed by atoms with Crippen molar-refractivity contribution in [3.8, 4) is 0 Å². The van der Waals surface area contributed by atoms with E-state index in [0.717, 1.165) is 43.3 Å². The highest BCUT2D eigenvalue weighted by atomic mass is 35.5.